The number of cyclic esters (lactones) is 1. The Balaban J connectivity index is 1.52. The van der Waals surface area contributed by atoms with Gasteiger partial charge in [0.15, 0.2) is 11.9 Å². The van der Waals surface area contributed by atoms with E-state index in [1.807, 2.05) is 0 Å². The molecular weight excluding hydrogens is 236 g/mol. The fraction of sp³-hybridized carbons (Fsp3) is 0.923. The lowest BCUT2D eigenvalue weighted by molar-refractivity contribution is -0.189. The lowest BCUT2D eigenvalue weighted by atomic mass is 9.94. The van der Waals surface area contributed by atoms with Crippen molar-refractivity contribution >= 4 is 5.97 Å². The third-order valence-electron chi connectivity index (χ3n) is 4.10. The van der Waals surface area contributed by atoms with Gasteiger partial charge in [-0.15, -0.1) is 0 Å². The van der Waals surface area contributed by atoms with Crippen LogP contribution in [-0.4, -0.2) is 41.8 Å². The average Bonchev–Trinajstić information content (AvgIpc) is 2.86. The van der Waals surface area contributed by atoms with Crippen molar-refractivity contribution < 1.29 is 24.1 Å². The molecule has 0 bridgehead atoms. The van der Waals surface area contributed by atoms with Crippen molar-refractivity contribution in [2.45, 2.75) is 69.0 Å². The molecule has 3 fully saturated rings. The first-order valence-corrected chi connectivity index (χ1v) is 6.87. The number of carbonyl (C=O) groups is 1. The molecule has 2 saturated heterocycles. The highest BCUT2D eigenvalue weighted by Crippen LogP contribution is 2.39. The van der Waals surface area contributed by atoms with Crippen molar-refractivity contribution in [3.63, 3.8) is 0 Å². The summed E-state index contributed by atoms with van der Waals surface area (Å²) in [4.78, 5) is 11.1. The Morgan fingerprint density at radius 2 is 2.00 bits per heavy atom. The Morgan fingerprint density at radius 1 is 1.22 bits per heavy atom. The van der Waals surface area contributed by atoms with Crippen LogP contribution in [0.15, 0.2) is 0 Å². The third-order valence-corrected chi connectivity index (χ3v) is 4.10. The van der Waals surface area contributed by atoms with Crippen LogP contribution in [0.3, 0.4) is 0 Å². The van der Waals surface area contributed by atoms with Crippen LogP contribution >= 0.6 is 0 Å². The summed E-state index contributed by atoms with van der Waals surface area (Å²) in [5, 5.41) is 9.34. The molecule has 1 spiro atoms. The van der Waals surface area contributed by atoms with E-state index < -0.39 is 12.1 Å². The Hall–Kier alpha value is -0.650. The van der Waals surface area contributed by atoms with Gasteiger partial charge in [0.1, 0.15) is 6.10 Å². The maximum atomic E-state index is 11.1. The number of carbonyl (C=O) groups excluding carboxylic acids is 1. The molecule has 102 valence electrons. The molecule has 3 aliphatic rings. The summed E-state index contributed by atoms with van der Waals surface area (Å²) < 4.78 is 16.9. The van der Waals surface area contributed by atoms with Gasteiger partial charge >= 0.3 is 5.97 Å². The molecule has 1 N–H and O–H groups in total. The quantitative estimate of drug-likeness (QED) is 0.750. The topological polar surface area (TPSA) is 65.0 Å². The van der Waals surface area contributed by atoms with Gasteiger partial charge in [-0.3, -0.25) is 0 Å². The number of hydrogen-bond acceptors (Lipinski definition) is 5. The Morgan fingerprint density at radius 3 is 2.67 bits per heavy atom. The van der Waals surface area contributed by atoms with Crippen molar-refractivity contribution in [2.24, 2.45) is 0 Å². The minimum atomic E-state index is -0.957. The molecule has 0 unspecified atom stereocenters. The minimum Gasteiger partial charge on any atom is -0.460 e. The van der Waals surface area contributed by atoms with Crippen LogP contribution in [0.4, 0.5) is 0 Å². The fourth-order valence-corrected chi connectivity index (χ4v) is 3.16. The molecular formula is C13H20O5. The number of aliphatic hydroxyl groups excluding tert-OH is 1. The van der Waals surface area contributed by atoms with Crippen LogP contribution in [0, 0.1) is 0 Å². The van der Waals surface area contributed by atoms with Gasteiger partial charge in [0.05, 0.1) is 12.7 Å². The average molecular weight is 256 g/mol. The predicted molar refractivity (Wildman–Crippen MR) is 61.8 cm³/mol. The zero-order valence-corrected chi connectivity index (χ0v) is 10.5. The number of aliphatic hydroxyl groups is 1. The number of esters is 1. The summed E-state index contributed by atoms with van der Waals surface area (Å²) in [6, 6.07) is 0. The lowest BCUT2D eigenvalue weighted by Gasteiger charge is -2.31. The van der Waals surface area contributed by atoms with Gasteiger partial charge in [0.2, 0.25) is 0 Å². The molecule has 0 aromatic carbocycles. The van der Waals surface area contributed by atoms with Crippen molar-refractivity contribution in [3.05, 3.63) is 0 Å². The smallest absolute Gasteiger partial charge is 0.335 e. The highest BCUT2D eigenvalue weighted by atomic mass is 16.7. The Kier molecular flexibility index (Phi) is 3.30. The van der Waals surface area contributed by atoms with Gasteiger partial charge in [0.25, 0.3) is 0 Å². The maximum absolute atomic E-state index is 11.1. The Labute approximate surface area is 106 Å². The van der Waals surface area contributed by atoms with Crippen molar-refractivity contribution in [1.82, 2.24) is 0 Å². The van der Waals surface area contributed by atoms with Gasteiger partial charge in [-0.05, 0) is 12.8 Å². The van der Waals surface area contributed by atoms with Gasteiger partial charge in [-0.1, -0.05) is 6.42 Å². The van der Waals surface area contributed by atoms with Crippen molar-refractivity contribution in [2.75, 3.05) is 6.61 Å². The molecule has 0 amide bonds. The third kappa shape index (κ3) is 2.39. The molecule has 2 heterocycles. The van der Waals surface area contributed by atoms with E-state index in [2.05, 4.69) is 0 Å². The SMILES string of the molecule is O=C1O[C@@H](C[C@H]2COC3(CCCCC3)O2)C[C@H]1O. The molecule has 1 aliphatic carbocycles. The van der Waals surface area contributed by atoms with Gasteiger partial charge < -0.3 is 19.3 Å². The summed E-state index contributed by atoms with van der Waals surface area (Å²) in [5.74, 6) is -0.879. The number of rotatable bonds is 2. The number of hydrogen-bond donors (Lipinski definition) is 1. The molecule has 5 nitrogen and oxygen atoms in total. The highest BCUT2D eigenvalue weighted by molar-refractivity contribution is 5.76. The maximum Gasteiger partial charge on any atom is 0.335 e. The second kappa shape index (κ2) is 4.79. The number of ether oxygens (including phenoxy) is 3. The molecule has 1 saturated carbocycles. The standard InChI is InChI=1S/C13H20O5/c14-11-7-9(17-12(11)15)6-10-8-16-13(18-10)4-2-1-3-5-13/h9-11,14H,1-8H2/t9-,10-,11+/m0/s1. The van der Waals surface area contributed by atoms with Gasteiger partial charge in [-0.25, -0.2) is 4.79 Å². The molecule has 18 heavy (non-hydrogen) atoms. The predicted octanol–water partition coefficient (Wildman–Crippen LogP) is 1.13. The minimum absolute atomic E-state index is 0.00815. The van der Waals surface area contributed by atoms with E-state index in [0.29, 0.717) is 19.4 Å². The fourth-order valence-electron chi connectivity index (χ4n) is 3.16. The zero-order chi connectivity index (χ0) is 12.6. The molecule has 0 aromatic heterocycles. The summed E-state index contributed by atoms with van der Waals surface area (Å²) >= 11 is 0. The van der Waals surface area contributed by atoms with E-state index in [0.717, 1.165) is 25.7 Å². The summed E-state index contributed by atoms with van der Waals surface area (Å²) in [6.45, 7) is 0.574. The van der Waals surface area contributed by atoms with E-state index in [4.69, 9.17) is 14.2 Å². The first kappa shape index (κ1) is 12.4. The summed E-state index contributed by atoms with van der Waals surface area (Å²) in [5.41, 5.74) is 0. The van der Waals surface area contributed by atoms with Gasteiger partial charge in [0, 0.05) is 25.7 Å². The second-order valence-corrected chi connectivity index (χ2v) is 5.57. The molecule has 0 radical (unpaired) electrons. The lowest BCUT2D eigenvalue weighted by Crippen LogP contribution is -2.33. The Bertz CT molecular complexity index is 323. The van der Waals surface area contributed by atoms with Crippen LogP contribution in [0.25, 0.3) is 0 Å². The van der Waals surface area contributed by atoms with Crippen LogP contribution in [0.1, 0.15) is 44.9 Å². The monoisotopic (exact) mass is 256 g/mol. The van der Waals surface area contributed by atoms with Crippen LogP contribution in [0.5, 0.6) is 0 Å². The first-order valence-electron chi connectivity index (χ1n) is 6.87. The molecule has 5 heteroatoms. The molecule has 3 rings (SSSR count). The normalized spacial score (nSPS) is 39.2. The summed E-state index contributed by atoms with van der Waals surface area (Å²) in [7, 11) is 0. The summed E-state index contributed by atoms with van der Waals surface area (Å²) in [6.07, 6.45) is 5.33. The van der Waals surface area contributed by atoms with Crippen molar-refractivity contribution in [1.29, 1.82) is 0 Å². The zero-order valence-electron chi connectivity index (χ0n) is 10.5. The first-order chi connectivity index (χ1) is 8.67. The van der Waals surface area contributed by atoms with E-state index in [1.165, 1.54) is 6.42 Å². The van der Waals surface area contributed by atoms with E-state index in [9.17, 15) is 9.90 Å². The van der Waals surface area contributed by atoms with Crippen molar-refractivity contribution in [3.8, 4) is 0 Å². The van der Waals surface area contributed by atoms with E-state index in [1.54, 1.807) is 0 Å². The molecule has 0 aromatic rings. The van der Waals surface area contributed by atoms with Gasteiger partial charge in [-0.2, -0.15) is 0 Å². The molecule has 3 atom stereocenters. The van der Waals surface area contributed by atoms with Crippen LogP contribution < -0.4 is 0 Å². The van der Waals surface area contributed by atoms with E-state index in [-0.39, 0.29) is 18.0 Å². The second-order valence-electron chi connectivity index (χ2n) is 5.57. The largest absolute Gasteiger partial charge is 0.460 e. The highest BCUT2D eigenvalue weighted by Gasteiger charge is 2.44. The molecule has 2 aliphatic heterocycles. The van der Waals surface area contributed by atoms with E-state index >= 15 is 0 Å². The van der Waals surface area contributed by atoms with Crippen LogP contribution in [-0.2, 0) is 19.0 Å². The van der Waals surface area contributed by atoms with Crippen LogP contribution in [0.2, 0.25) is 0 Å².